The SMILES string of the molecule is O=C(OCc1ccccc1)N1C2COCC1CC(O)(CCc1cccc(C(F)(F)F)c1)C2. The molecule has 2 heterocycles. The Labute approximate surface area is 184 Å². The molecule has 0 saturated carbocycles. The summed E-state index contributed by atoms with van der Waals surface area (Å²) in [5.41, 5.74) is -0.358. The van der Waals surface area contributed by atoms with Crippen LogP contribution >= 0.6 is 0 Å². The summed E-state index contributed by atoms with van der Waals surface area (Å²) in [6.45, 7) is 0.752. The van der Waals surface area contributed by atoms with Crippen LogP contribution in [0.25, 0.3) is 0 Å². The van der Waals surface area contributed by atoms with Crippen molar-refractivity contribution >= 4 is 6.09 Å². The second-order valence-corrected chi connectivity index (χ2v) is 8.62. The number of benzene rings is 2. The largest absolute Gasteiger partial charge is 0.445 e. The number of morpholine rings is 1. The van der Waals surface area contributed by atoms with Gasteiger partial charge < -0.3 is 14.6 Å². The minimum atomic E-state index is -4.40. The Hall–Kier alpha value is -2.58. The third-order valence-electron chi connectivity index (χ3n) is 6.19. The summed E-state index contributed by atoms with van der Waals surface area (Å²) in [6.07, 6.45) is -3.61. The van der Waals surface area contributed by atoms with E-state index < -0.39 is 23.4 Å². The number of alkyl halides is 3. The molecule has 2 unspecified atom stereocenters. The Bertz CT molecular complexity index is 920. The molecule has 172 valence electrons. The summed E-state index contributed by atoms with van der Waals surface area (Å²) in [5.74, 6) is 0. The van der Waals surface area contributed by atoms with Crippen molar-refractivity contribution in [1.29, 1.82) is 0 Å². The number of carbonyl (C=O) groups is 1. The molecule has 5 nitrogen and oxygen atoms in total. The second-order valence-electron chi connectivity index (χ2n) is 8.62. The van der Waals surface area contributed by atoms with Gasteiger partial charge in [0.05, 0.1) is 36.5 Å². The summed E-state index contributed by atoms with van der Waals surface area (Å²) in [6, 6.07) is 13.9. The number of aryl methyl sites for hydroxylation is 1. The molecule has 32 heavy (non-hydrogen) atoms. The van der Waals surface area contributed by atoms with Gasteiger partial charge in [0, 0.05) is 0 Å². The normalized spacial score (nSPS) is 25.4. The van der Waals surface area contributed by atoms with Crippen LogP contribution in [0.15, 0.2) is 54.6 Å². The highest BCUT2D eigenvalue weighted by molar-refractivity contribution is 5.69. The van der Waals surface area contributed by atoms with E-state index in [2.05, 4.69) is 0 Å². The number of fused-ring (bicyclic) bond motifs is 2. The Morgan fingerprint density at radius 2 is 1.72 bits per heavy atom. The molecule has 2 aromatic carbocycles. The predicted molar refractivity (Wildman–Crippen MR) is 111 cm³/mol. The van der Waals surface area contributed by atoms with Crippen molar-refractivity contribution in [2.75, 3.05) is 13.2 Å². The van der Waals surface area contributed by atoms with E-state index in [9.17, 15) is 23.1 Å². The van der Waals surface area contributed by atoms with Crippen molar-refractivity contribution in [3.8, 4) is 0 Å². The molecule has 2 saturated heterocycles. The Morgan fingerprint density at radius 1 is 1.06 bits per heavy atom. The van der Waals surface area contributed by atoms with E-state index in [1.807, 2.05) is 30.3 Å². The van der Waals surface area contributed by atoms with Gasteiger partial charge >= 0.3 is 12.3 Å². The van der Waals surface area contributed by atoms with Crippen molar-refractivity contribution in [2.24, 2.45) is 0 Å². The van der Waals surface area contributed by atoms with Gasteiger partial charge in [-0.1, -0.05) is 48.5 Å². The van der Waals surface area contributed by atoms with Gasteiger partial charge in [-0.25, -0.2) is 4.79 Å². The van der Waals surface area contributed by atoms with Crippen molar-refractivity contribution in [3.05, 3.63) is 71.3 Å². The molecular formula is C24H26F3NO4. The first kappa shape index (κ1) is 22.6. The zero-order chi connectivity index (χ0) is 22.8. The Morgan fingerprint density at radius 3 is 2.38 bits per heavy atom. The number of amides is 1. The molecule has 0 spiro atoms. The van der Waals surface area contributed by atoms with Crippen LogP contribution in [-0.2, 0) is 28.7 Å². The maximum atomic E-state index is 13.0. The molecule has 2 aromatic rings. The molecule has 0 aromatic heterocycles. The smallest absolute Gasteiger partial charge is 0.416 e. The van der Waals surface area contributed by atoms with Crippen LogP contribution in [0.1, 0.15) is 36.0 Å². The summed E-state index contributed by atoms with van der Waals surface area (Å²) < 4.78 is 50.0. The molecule has 8 heteroatoms. The lowest BCUT2D eigenvalue weighted by Crippen LogP contribution is -2.63. The molecule has 2 bridgehead atoms. The number of halogens is 3. The number of carbonyl (C=O) groups excluding carboxylic acids is 1. The molecule has 1 amide bonds. The van der Waals surface area contributed by atoms with E-state index in [1.54, 1.807) is 11.0 Å². The molecular weight excluding hydrogens is 423 g/mol. The Balaban J connectivity index is 1.38. The predicted octanol–water partition coefficient (Wildman–Crippen LogP) is 4.57. The summed E-state index contributed by atoms with van der Waals surface area (Å²) >= 11 is 0. The van der Waals surface area contributed by atoms with Gasteiger partial charge in [0.2, 0.25) is 0 Å². The first-order valence-corrected chi connectivity index (χ1v) is 10.7. The quantitative estimate of drug-likeness (QED) is 0.727. The fourth-order valence-corrected chi connectivity index (χ4v) is 4.65. The van der Waals surface area contributed by atoms with Gasteiger partial charge in [0.25, 0.3) is 0 Å². The number of hydrogen-bond donors (Lipinski definition) is 1. The lowest BCUT2D eigenvalue weighted by Gasteiger charge is -2.51. The standard InChI is InChI=1S/C24H26F3NO4/c25-24(26,27)19-8-4-7-17(11-19)9-10-23(30)12-20-15-31-16-21(13-23)28(20)22(29)32-14-18-5-2-1-3-6-18/h1-8,11,20-21,30H,9-10,12-16H2. The zero-order valence-corrected chi connectivity index (χ0v) is 17.6. The number of nitrogens with zero attached hydrogens (tertiary/aromatic N) is 1. The van der Waals surface area contributed by atoms with Gasteiger partial charge in [0.15, 0.2) is 0 Å². The van der Waals surface area contributed by atoms with E-state index in [1.165, 1.54) is 6.07 Å². The summed E-state index contributed by atoms with van der Waals surface area (Å²) in [7, 11) is 0. The van der Waals surface area contributed by atoms with E-state index in [0.29, 0.717) is 44.5 Å². The maximum Gasteiger partial charge on any atom is 0.416 e. The van der Waals surface area contributed by atoms with Gasteiger partial charge in [-0.2, -0.15) is 13.2 Å². The highest BCUT2D eigenvalue weighted by atomic mass is 19.4. The number of rotatable bonds is 5. The van der Waals surface area contributed by atoms with Crippen LogP contribution in [0.2, 0.25) is 0 Å². The average molecular weight is 449 g/mol. The minimum absolute atomic E-state index is 0.163. The fourth-order valence-electron chi connectivity index (χ4n) is 4.65. The van der Waals surface area contributed by atoms with Gasteiger partial charge in [0.1, 0.15) is 6.61 Å². The van der Waals surface area contributed by atoms with E-state index in [4.69, 9.17) is 9.47 Å². The average Bonchev–Trinajstić information content (AvgIpc) is 2.76. The lowest BCUT2D eigenvalue weighted by atomic mass is 9.78. The van der Waals surface area contributed by atoms with Crippen molar-refractivity contribution < 1.29 is 32.5 Å². The molecule has 0 radical (unpaired) electrons. The topological polar surface area (TPSA) is 59.0 Å². The minimum Gasteiger partial charge on any atom is -0.445 e. The number of ether oxygens (including phenoxy) is 2. The highest BCUT2D eigenvalue weighted by Gasteiger charge is 2.48. The van der Waals surface area contributed by atoms with Crippen molar-refractivity contribution in [2.45, 2.75) is 56.2 Å². The molecule has 2 atom stereocenters. The van der Waals surface area contributed by atoms with E-state index in [0.717, 1.165) is 17.7 Å². The first-order chi connectivity index (χ1) is 15.2. The molecule has 4 rings (SSSR count). The molecule has 2 fully saturated rings. The van der Waals surface area contributed by atoms with Crippen LogP contribution < -0.4 is 0 Å². The van der Waals surface area contributed by atoms with E-state index in [-0.39, 0.29) is 18.7 Å². The Kier molecular flexibility index (Phi) is 6.44. The van der Waals surface area contributed by atoms with Crippen LogP contribution in [0, 0.1) is 0 Å². The first-order valence-electron chi connectivity index (χ1n) is 10.7. The maximum absolute atomic E-state index is 13.0. The molecule has 1 N–H and O–H groups in total. The van der Waals surface area contributed by atoms with Crippen LogP contribution in [-0.4, -0.2) is 47.0 Å². The van der Waals surface area contributed by atoms with Gasteiger partial charge in [-0.05, 0) is 42.9 Å². The zero-order valence-electron chi connectivity index (χ0n) is 17.6. The third-order valence-corrected chi connectivity index (χ3v) is 6.19. The van der Waals surface area contributed by atoms with E-state index >= 15 is 0 Å². The van der Waals surface area contributed by atoms with Crippen molar-refractivity contribution in [3.63, 3.8) is 0 Å². The number of hydrogen-bond acceptors (Lipinski definition) is 4. The lowest BCUT2D eigenvalue weighted by molar-refractivity contribution is -0.137. The molecule has 0 aliphatic carbocycles. The fraction of sp³-hybridized carbons (Fsp3) is 0.458. The van der Waals surface area contributed by atoms with Gasteiger partial charge in [-0.15, -0.1) is 0 Å². The van der Waals surface area contributed by atoms with Crippen LogP contribution in [0.4, 0.5) is 18.0 Å². The third kappa shape index (κ3) is 5.24. The van der Waals surface area contributed by atoms with Gasteiger partial charge in [-0.3, -0.25) is 4.90 Å². The highest BCUT2D eigenvalue weighted by Crippen LogP contribution is 2.38. The van der Waals surface area contributed by atoms with Crippen LogP contribution in [0.5, 0.6) is 0 Å². The molecule has 2 aliphatic rings. The van der Waals surface area contributed by atoms with Crippen molar-refractivity contribution in [1.82, 2.24) is 4.90 Å². The number of piperidine rings is 1. The summed E-state index contributed by atoms with van der Waals surface area (Å²) in [4.78, 5) is 14.4. The summed E-state index contributed by atoms with van der Waals surface area (Å²) in [5, 5.41) is 11.2. The monoisotopic (exact) mass is 449 g/mol. The molecule has 2 aliphatic heterocycles. The van der Waals surface area contributed by atoms with Crippen LogP contribution in [0.3, 0.4) is 0 Å². The number of aliphatic hydroxyl groups is 1. The second kappa shape index (κ2) is 9.11.